The predicted molar refractivity (Wildman–Crippen MR) is 64.3 cm³/mol. The Morgan fingerprint density at radius 1 is 1.27 bits per heavy atom. The molecule has 1 aliphatic carbocycles. The van der Waals surface area contributed by atoms with Gasteiger partial charge in [0.1, 0.15) is 0 Å². The summed E-state index contributed by atoms with van der Waals surface area (Å²) in [6.07, 6.45) is 10.4. The lowest BCUT2D eigenvalue weighted by molar-refractivity contribution is 0.182. The van der Waals surface area contributed by atoms with Crippen molar-refractivity contribution in [2.24, 2.45) is 5.92 Å². The van der Waals surface area contributed by atoms with E-state index in [0.717, 1.165) is 24.7 Å². The van der Waals surface area contributed by atoms with Gasteiger partial charge in [0.15, 0.2) is 0 Å². The van der Waals surface area contributed by atoms with E-state index in [0.29, 0.717) is 6.04 Å². The standard InChI is InChI=1S/C13H24N2/c1-2-11-6-5-7-12(10-11)15-9-4-3-8-13(15)14/h11-12,14H,2-10H2,1H3. The maximum atomic E-state index is 8.03. The topological polar surface area (TPSA) is 27.1 Å². The minimum absolute atomic E-state index is 0.705. The molecule has 0 amide bonds. The highest BCUT2D eigenvalue weighted by atomic mass is 15.2. The monoisotopic (exact) mass is 208 g/mol. The van der Waals surface area contributed by atoms with Gasteiger partial charge in [0, 0.05) is 19.0 Å². The van der Waals surface area contributed by atoms with Gasteiger partial charge in [-0.05, 0) is 31.6 Å². The molecule has 0 spiro atoms. The van der Waals surface area contributed by atoms with Crippen LogP contribution in [-0.4, -0.2) is 23.3 Å². The highest BCUT2D eigenvalue weighted by molar-refractivity contribution is 5.80. The van der Waals surface area contributed by atoms with Crippen molar-refractivity contribution in [1.82, 2.24) is 4.90 Å². The lowest BCUT2D eigenvalue weighted by atomic mass is 9.83. The molecule has 1 saturated carbocycles. The van der Waals surface area contributed by atoms with Gasteiger partial charge < -0.3 is 4.90 Å². The maximum absolute atomic E-state index is 8.03. The van der Waals surface area contributed by atoms with Crippen LogP contribution in [0.3, 0.4) is 0 Å². The molecule has 1 N–H and O–H groups in total. The number of hydrogen-bond acceptors (Lipinski definition) is 1. The maximum Gasteiger partial charge on any atom is 0.0960 e. The number of likely N-dealkylation sites (tertiary alicyclic amines) is 1. The third-order valence-corrected chi connectivity index (χ3v) is 4.18. The molecule has 2 heteroatoms. The normalized spacial score (nSPS) is 33.1. The molecule has 2 fully saturated rings. The van der Waals surface area contributed by atoms with Crippen molar-refractivity contribution in [2.75, 3.05) is 6.54 Å². The molecule has 2 atom stereocenters. The van der Waals surface area contributed by atoms with Crippen LogP contribution in [0.5, 0.6) is 0 Å². The van der Waals surface area contributed by atoms with Crippen LogP contribution < -0.4 is 0 Å². The van der Waals surface area contributed by atoms with Crippen molar-refractivity contribution in [3.05, 3.63) is 0 Å². The number of nitrogens with one attached hydrogen (secondary N) is 1. The van der Waals surface area contributed by atoms with E-state index < -0.39 is 0 Å². The molecule has 2 nitrogen and oxygen atoms in total. The molecule has 1 aliphatic heterocycles. The Kier molecular flexibility index (Phi) is 3.66. The first-order valence-corrected chi connectivity index (χ1v) is 6.65. The van der Waals surface area contributed by atoms with Crippen LogP contribution >= 0.6 is 0 Å². The molecule has 15 heavy (non-hydrogen) atoms. The van der Waals surface area contributed by atoms with E-state index in [4.69, 9.17) is 5.41 Å². The Balaban J connectivity index is 1.93. The molecule has 2 aliphatic rings. The summed E-state index contributed by atoms with van der Waals surface area (Å²) in [6, 6.07) is 0.705. The fraction of sp³-hybridized carbons (Fsp3) is 0.923. The molecular formula is C13H24N2. The van der Waals surface area contributed by atoms with Gasteiger partial charge in [-0.15, -0.1) is 0 Å². The summed E-state index contributed by atoms with van der Waals surface area (Å²) >= 11 is 0. The largest absolute Gasteiger partial charge is 0.358 e. The number of piperidine rings is 1. The van der Waals surface area contributed by atoms with E-state index in [9.17, 15) is 0 Å². The van der Waals surface area contributed by atoms with E-state index in [1.165, 1.54) is 44.9 Å². The van der Waals surface area contributed by atoms with Crippen LogP contribution in [0.2, 0.25) is 0 Å². The molecule has 2 rings (SSSR count). The van der Waals surface area contributed by atoms with Gasteiger partial charge in [0.05, 0.1) is 5.84 Å². The van der Waals surface area contributed by atoms with Crippen molar-refractivity contribution in [3.63, 3.8) is 0 Å². The van der Waals surface area contributed by atoms with Crippen molar-refractivity contribution in [1.29, 1.82) is 5.41 Å². The Morgan fingerprint density at radius 3 is 2.87 bits per heavy atom. The van der Waals surface area contributed by atoms with Crippen LogP contribution in [0.4, 0.5) is 0 Å². The van der Waals surface area contributed by atoms with Crippen LogP contribution in [0.15, 0.2) is 0 Å². The molecule has 2 unspecified atom stereocenters. The molecule has 0 bridgehead atoms. The zero-order valence-electron chi connectivity index (χ0n) is 9.97. The van der Waals surface area contributed by atoms with E-state index in [1.807, 2.05) is 0 Å². The zero-order valence-corrected chi connectivity index (χ0v) is 9.97. The second-order valence-electron chi connectivity index (χ2n) is 5.19. The van der Waals surface area contributed by atoms with Gasteiger partial charge in [0.25, 0.3) is 0 Å². The minimum atomic E-state index is 0.705. The Labute approximate surface area is 93.6 Å². The first-order valence-electron chi connectivity index (χ1n) is 6.65. The fourth-order valence-electron chi connectivity index (χ4n) is 3.17. The first kappa shape index (κ1) is 11.0. The lowest BCUT2D eigenvalue weighted by Gasteiger charge is -2.41. The summed E-state index contributed by atoms with van der Waals surface area (Å²) in [5, 5.41) is 8.03. The average molecular weight is 208 g/mol. The second kappa shape index (κ2) is 5.00. The highest BCUT2D eigenvalue weighted by Crippen LogP contribution is 2.31. The molecule has 1 saturated heterocycles. The van der Waals surface area contributed by atoms with E-state index in [2.05, 4.69) is 11.8 Å². The number of rotatable bonds is 2. The van der Waals surface area contributed by atoms with E-state index >= 15 is 0 Å². The summed E-state index contributed by atoms with van der Waals surface area (Å²) in [6.45, 7) is 3.47. The van der Waals surface area contributed by atoms with Crippen LogP contribution in [0.1, 0.15) is 58.3 Å². The molecular weight excluding hydrogens is 184 g/mol. The van der Waals surface area contributed by atoms with Crippen molar-refractivity contribution in [3.8, 4) is 0 Å². The van der Waals surface area contributed by atoms with Crippen molar-refractivity contribution >= 4 is 5.84 Å². The molecule has 0 aromatic carbocycles. The fourth-order valence-corrected chi connectivity index (χ4v) is 3.17. The Bertz CT molecular complexity index is 225. The van der Waals surface area contributed by atoms with Crippen LogP contribution in [0.25, 0.3) is 0 Å². The summed E-state index contributed by atoms with van der Waals surface area (Å²) in [5.41, 5.74) is 0. The Hall–Kier alpha value is -0.530. The molecule has 0 aromatic rings. The zero-order chi connectivity index (χ0) is 10.7. The van der Waals surface area contributed by atoms with Gasteiger partial charge in [0.2, 0.25) is 0 Å². The van der Waals surface area contributed by atoms with Gasteiger partial charge >= 0.3 is 0 Å². The lowest BCUT2D eigenvalue weighted by Crippen LogP contribution is -2.45. The smallest absolute Gasteiger partial charge is 0.0960 e. The molecule has 86 valence electrons. The van der Waals surface area contributed by atoms with Crippen LogP contribution in [0, 0.1) is 11.3 Å². The highest BCUT2D eigenvalue weighted by Gasteiger charge is 2.28. The molecule has 0 aromatic heterocycles. The van der Waals surface area contributed by atoms with E-state index in [1.54, 1.807) is 0 Å². The minimum Gasteiger partial charge on any atom is -0.358 e. The third kappa shape index (κ3) is 2.53. The number of nitrogens with zero attached hydrogens (tertiary/aromatic N) is 1. The second-order valence-corrected chi connectivity index (χ2v) is 5.19. The van der Waals surface area contributed by atoms with Crippen molar-refractivity contribution < 1.29 is 0 Å². The quantitative estimate of drug-likeness (QED) is 0.739. The molecule has 0 radical (unpaired) electrons. The summed E-state index contributed by atoms with van der Waals surface area (Å²) in [7, 11) is 0. The van der Waals surface area contributed by atoms with Crippen molar-refractivity contribution in [2.45, 2.75) is 64.3 Å². The van der Waals surface area contributed by atoms with Gasteiger partial charge in [-0.3, -0.25) is 5.41 Å². The number of hydrogen-bond donors (Lipinski definition) is 1. The van der Waals surface area contributed by atoms with Gasteiger partial charge in [-0.2, -0.15) is 0 Å². The SMILES string of the molecule is CCC1CCCC(N2CCCCC2=N)C1. The summed E-state index contributed by atoms with van der Waals surface area (Å²) < 4.78 is 0. The first-order chi connectivity index (χ1) is 7.31. The summed E-state index contributed by atoms with van der Waals surface area (Å²) in [4.78, 5) is 2.41. The molecule has 1 heterocycles. The van der Waals surface area contributed by atoms with Crippen LogP contribution in [-0.2, 0) is 0 Å². The Morgan fingerprint density at radius 2 is 2.13 bits per heavy atom. The third-order valence-electron chi connectivity index (χ3n) is 4.18. The number of amidine groups is 1. The van der Waals surface area contributed by atoms with Gasteiger partial charge in [-0.25, -0.2) is 0 Å². The average Bonchev–Trinajstić information content (AvgIpc) is 2.30. The predicted octanol–water partition coefficient (Wildman–Crippen LogP) is 3.42. The van der Waals surface area contributed by atoms with E-state index in [-0.39, 0.29) is 0 Å². The summed E-state index contributed by atoms with van der Waals surface area (Å²) in [5.74, 6) is 1.85. The van der Waals surface area contributed by atoms with Gasteiger partial charge in [-0.1, -0.05) is 26.2 Å².